The average Bonchev–Trinajstić information content (AvgIpc) is 2.53. The largest absolute Gasteiger partial charge is 0.368 e. The van der Waals surface area contributed by atoms with Crippen molar-refractivity contribution in [3.63, 3.8) is 0 Å². The number of hydrogen-bond acceptors (Lipinski definition) is 6. The quantitative estimate of drug-likeness (QED) is 0.697. The monoisotopic (exact) mass is 193 g/mol. The molecule has 6 heteroatoms. The van der Waals surface area contributed by atoms with Crippen LogP contribution < -0.4 is 11.5 Å². The van der Waals surface area contributed by atoms with Crippen LogP contribution in [0.4, 0.5) is 11.9 Å². The molecular formula is C7H7N5S. The molecule has 0 aliphatic carbocycles. The van der Waals surface area contributed by atoms with Gasteiger partial charge < -0.3 is 11.5 Å². The van der Waals surface area contributed by atoms with E-state index in [0.717, 1.165) is 5.56 Å². The second-order valence-electron chi connectivity index (χ2n) is 2.39. The zero-order chi connectivity index (χ0) is 9.26. The number of rotatable bonds is 1. The molecule has 0 radical (unpaired) electrons. The van der Waals surface area contributed by atoms with Crippen molar-refractivity contribution in [3.05, 3.63) is 16.8 Å². The molecule has 0 atom stereocenters. The molecule has 0 aliphatic rings. The molecule has 0 unspecified atom stereocenters. The molecule has 13 heavy (non-hydrogen) atoms. The molecule has 4 N–H and O–H groups in total. The van der Waals surface area contributed by atoms with Gasteiger partial charge in [-0.15, -0.1) is 0 Å². The van der Waals surface area contributed by atoms with E-state index in [4.69, 9.17) is 11.5 Å². The fourth-order valence-corrected chi connectivity index (χ4v) is 1.56. The number of aromatic nitrogens is 3. The average molecular weight is 193 g/mol. The van der Waals surface area contributed by atoms with Crippen LogP contribution in [0.25, 0.3) is 11.4 Å². The molecule has 5 nitrogen and oxygen atoms in total. The van der Waals surface area contributed by atoms with Crippen LogP contribution in [-0.2, 0) is 0 Å². The topological polar surface area (TPSA) is 90.7 Å². The van der Waals surface area contributed by atoms with E-state index in [0.29, 0.717) is 5.82 Å². The second-order valence-corrected chi connectivity index (χ2v) is 3.17. The fourth-order valence-electron chi connectivity index (χ4n) is 0.930. The van der Waals surface area contributed by atoms with Gasteiger partial charge in [-0.2, -0.15) is 26.3 Å². The van der Waals surface area contributed by atoms with Crippen LogP contribution in [-0.4, -0.2) is 15.0 Å². The summed E-state index contributed by atoms with van der Waals surface area (Å²) in [6.07, 6.45) is 0. The standard InChI is InChI=1S/C7H7N5S/c8-6-10-5(11-7(9)12-6)4-1-2-13-3-4/h1-3H,(H4,8,9,10,11,12). The Morgan fingerprint density at radius 2 is 1.77 bits per heavy atom. The zero-order valence-electron chi connectivity index (χ0n) is 6.64. The van der Waals surface area contributed by atoms with Gasteiger partial charge in [-0.3, -0.25) is 0 Å². The summed E-state index contributed by atoms with van der Waals surface area (Å²) in [7, 11) is 0. The van der Waals surface area contributed by atoms with Crippen molar-refractivity contribution in [2.24, 2.45) is 0 Å². The van der Waals surface area contributed by atoms with Gasteiger partial charge in [0.15, 0.2) is 5.82 Å². The van der Waals surface area contributed by atoms with E-state index in [1.54, 1.807) is 11.3 Å². The molecule has 0 amide bonds. The molecular weight excluding hydrogens is 186 g/mol. The summed E-state index contributed by atoms with van der Waals surface area (Å²) in [5.74, 6) is 0.814. The maximum Gasteiger partial charge on any atom is 0.225 e. The number of nitrogens with two attached hydrogens (primary N) is 2. The van der Waals surface area contributed by atoms with Gasteiger partial charge in [-0.1, -0.05) is 0 Å². The predicted molar refractivity (Wildman–Crippen MR) is 52.0 cm³/mol. The van der Waals surface area contributed by atoms with Crippen LogP contribution in [0.15, 0.2) is 16.8 Å². The first kappa shape index (κ1) is 7.93. The van der Waals surface area contributed by atoms with Gasteiger partial charge in [0, 0.05) is 10.9 Å². The Morgan fingerprint density at radius 1 is 1.08 bits per heavy atom. The van der Waals surface area contributed by atoms with Crippen LogP contribution in [0.3, 0.4) is 0 Å². The first-order valence-corrected chi connectivity index (χ1v) is 4.49. The Labute approximate surface area is 78.5 Å². The number of anilines is 2. The Kier molecular flexibility index (Phi) is 1.82. The molecule has 0 bridgehead atoms. The SMILES string of the molecule is Nc1nc(N)nc(-c2ccsc2)n1. The summed E-state index contributed by atoms with van der Waals surface area (Å²) in [6, 6.07) is 1.90. The van der Waals surface area contributed by atoms with Crippen molar-refractivity contribution in [1.82, 2.24) is 15.0 Å². The molecule has 0 saturated heterocycles. The lowest BCUT2D eigenvalue weighted by Gasteiger charge is -1.98. The molecule has 2 rings (SSSR count). The summed E-state index contributed by atoms with van der Waals surface area (Å²) in [4.78, 5) is 11.6. The number of nitrogen functional groups attached to an aromatic ring is 2. The molecule has 66 valence electrons. The second kappa shape index (κ2) is 2.98. The van der Waals surface area contributed by atoms with Crippen molar-refractivity contribution >= 4 is 23.2 Å². The van der Waals surface area contributed by atoms with Crippen LogP contribution >= 0.6 is 11.3 Å². The lowest BCUT2D eigenvalue weighted by atomic mass is 10.3. The van der Waals surface area contributed by atoms with Crippen LogP contribution in [0.1, 0.15) is 0 Å². The van der Waals surface area contributed by atoms with Crippen molar-refractivity contribution in [3.8, 4) is 11.4 Å². The Bertz CT molecular complexity index is 391. The van der Waals surface area contributed by atoms with E-state index >= 15 is 0 Å². The molecule has 0 aromatic carbocycles. The van der Waals surface area contributed by atoms with Crippen LogP contribution in [0.5, 0.6) is 0 Å². The minimum atomic E-state index is 0.147. The van der Waals surface area contributed by atoms with E-state index in [-0.39, 0.29) is 11.9 Å². The van der Waals surface area contributed by atoms with Crippen molar-refractivity contribution in [1.29, 1.82) is 0 Å². The van der Waals surface area contributed by atoms with Crippen LogP contribution in [0, 0.1) is 0 Å². The maximum absolute atomic E-state index is 5.43. The Balaban J connectivity index is 2.53. The summed E-state index contributed by atoms with van der Waals surface area (Å²) in [6.45, 7) is 0. The third kappa shape index (κ3) is 1.57. The third-order valence-corrected chi connectivity index (χ3v) is 2.13. The van der Waals surface area contributed by atoms with E-state index in [1.807, 2.05) is 16.8 Å². The summed E-state index contributed by atoms with van der Waals surface area (Å²) >= 11 is 1.56. The van der Waals surface area contributed by atoms with Crippen LogP contribution in [0.2, 0.25) is 0 Å². The molecule has 0 saturated carbocycles. The summed E-state index contributed by atoms with van der Waals surface area (Å²) in [5, 5.41) is 3.86. The highest BCUT2D eigenvalue weighted by molar-refractivity contribution is 7.08. The molecule has 2 aromatic rings. The molecule has 2 heterocycles. The molecule has 2 aromatic heterocycles. The fraction of sp³-hybridized carbons (Fsp3) is 0. The predicted octanol–water partition coefficient (Wildman–Crippen LogP) is 0.765. The van der Waals surface area contributed by atoms with Gasteiger partial charge >= 0.3 is 0 Å². The van der Waals surface area contributed by atoms with E-state index in [9.17, 15) is 0 Å². The zero-order valence-corrected chi connectivity index (χ0v) is 7.45. The smallest absolute Gasteiger partial charge is 0.225 e. The number of nitrogens with zero attached hydrogens (tertiary/aromatic N) is 3. The normalized spacial score (nSPS) is 10.2. The molecule has 0 fully saturated rings. The van der Waals surface area contributed by atoms with Gasteiger partial charge in [0.2, 0.25) is 11.9 Å². The minimum Gasteiger partial charge on any atom is -0.368 e. The first-order valence-electron chi connectivity index (χ1n) is 3.55. The third-order valence-electron chi connectivity index (χ3n) is 1.45. The molecule has 0 spiro atoms. The molecule has 0 aliphatic heterocycles. The van der Waals surface area contributed by atoms with Gasteiger partial charge in [-0.05, 0) is 11.4 Å². The van der Waals surface area contributed by atoms with Crippen molar-refractivity contribution < 1.29 is 0 Å². The van der Waals surface area contributed by atoms with E-state index < -0.39 is 0 Å². The lowest BCUT2D eigenvalue weighted by Crippen LogP contribution is -2.03. The number of hydrogen-bond donors (Lipinski definition) is 2. The Hall–Kier alpha value is -1.69. The highest BCUT2D eigenvalue weighted by Gasteiger charge is 2.04. The van der Waals surface area contributed by atoms with Crippen molar-refractivity contribution in [2.75, 3.05) is 11.5 Å². The maximum atomic E-state index is 5.43. The van der Waals surface area contributed by atoms with E-state index in [1.165, 1.54) is 0 Å². The minimum absolute atomic E-state index is 0.147. The van der Waals surface area contributed by atoms with Gasteiger partial charge in [0.05, 0.1) is 0 Å². The highest BCUT2D eigenvalue weighted by Crippen LogP contribution is 2.18. The first-order chi connectivity index (χ1) is 6.25. The summed E-state index contributed by atoms with van der Waals surface area (Å²) in [5.41, 5.74) is 11.8. The van der Waals surface area contributed by atoms with Crippen molar-refractivity contribution in [2.45, 2.75) is 0 Å². The van der Waals surface area contributed by atoms with Gasteiger partial charge in [-0.25, -0.2) is 0 Å². The van der Waals surface area contributed by atoms with Gasteiger partial charge in [0.25, 0.3) is 0 Å². The highest BCUT2D eigenvalue weighted by atomic mass is 32.1. The lowest BCUT2D eigenvalue weighted by molar-refractivity contribution is 1.09. The van der Waals surface area contributed by atoms with E-state index in [2.05, 4.69) is 15.0 Å². The van der Waals surface area contributed by atoms with Gasteiger partial charge in [0.1, 0.15) is 0 Å². The Morgan fingerprint density at radius 3 is 2.31 bits per heavy atom. The summed E-state index contributed by atoms with van der Waals surface area (Å²) < 4.78 is 0. The number of thiophene rings is 1.